The van der Waals surface area contributed by atoms with Gasteiger partial charge in [-0.05, 0) is 36.1 Å². The van der Waals surface area contributed by atoms with Gasteiger partial charge in [0.05, 0.1) is 0 Å². The SMILES string of the molecule is O=C1c2ccccc2CC[C@@]12O[C@H]2c1ccc(F)cc1. The van der Waals surface area contributed by atoms with Crippen LogP contribution in [0.3, 0.4) is 0 Å². The van der Waals surface area contributed by atoms with Gasteiger partial charge in [-0.1, -0.05) is 36.4 Å². The fraction of sp³-hybridized carbons (Fsp3) is 0.235. The minimum atomic E-state index is -0.716. The number of ether oxygens (including phenoxy) is 1. The molecule has 4 rings (SSSR count). The first kappa shape index (κ1) is 11.8. The Kier molecular flexibility index (Phi) is 2.36. The molecule has 1 aliphatic carbocycles. The van der Waals surface area contributed by atoms with Gasteiger partial charge in [0.15, 0.2) is 11.4 Å². The molecule has 1 saturated heterocycles. The van der Waals surface area contributed by atoms with Crippen molar-refractivity contribution in [2.24, 2.45) is 0 Å². The van der Waals surface area contributed by atoms with Gasteiger partial charge in [0, 0.05) is 5.56 Å². The molecule has 0 N–H and O–H groups in total. The molecule has 1 fully saturated rings. The van der Waals surface area contributed by atoms with Gasteiger partial charge in [0.25, 0.3) is 0 Å². The van der Waals surface area contributed by atoms with Crippen molar-refractivity contribution in [1.82, 2.24) is 0 Å². The molecular formula is C17H13FO2. The molecule has 2 atom stereocenters. The second kappa shape index (κ2) is 4.00. The average Bonchev–Trinajstić information content (AvgIpc) is 3.20. The summed E-state index contributed by atoms with van der Waals surface area (Å²) in [5, 5.41) is 0. The summed E-state index contributed by atoms with van der Waals surface area (Å²) in [5.41, 5.74) is 2.02. The van der Waals surface area contributed by atoms with E-state index in [1.54, 1.807) is 12.1 Å². The van der Waals surface area contributed by atoms with Crippen molar-refractivity contribution < 1.29 is 13.9 Å². The minimum absolute atomic E-state index is 0.0636. The van der Waals surface area contributed by atoms with Crippen molar-refractivity contribution in [2.75, 3.05) is 0 Å². The molecule has 20 heavy (non-hydrogen) atoms. The zero-order chi connectivity index (χ0) is 13.7. The lowest BCUT2D eigenvalue weighted by Gasteiger charge is -2.20. The predicted molar refractivity (Wildman–Crippen MR) is 72.1 cm³/mol. The van der Waals surface area contributed by atoms with Gasteiger partial charge in [-0.15, -0.1) is 0 Å². The minimum Gasteiger partial charge on any atom is -0.352 e. The lowest BCUT2D eigenvalue weighted by Crippen LogP contribution is -2.31. The number of ketones is 1. The molecule has 2 aromatic rings. The van der Waals surface area contributed by atoms with Crippen molar-refractivity contribution in [3.05, 3.63) is 71.0 Å². The van der Waals surface area contributed by atoms with E-state index in [1.165, 1.54) is 12.1 Å². The third kappa shape index (κ3) is 1.56. The van der Waals surface area contributed by atoms with Crippen LogP contribution in [0.15, 0.2) is 48.5 Å². The Balaban J connectivity index is 1.69. The zero-order valence-corrected chi connectivity index (χ0v) is 10.8. The molecule has 0 amide bonds. The van der Waals surface area contributed by atoms with Crippen molar-refractivity contribution in [1.29, 1.82) is 0 Å². The van der Waals surface area contributed by atoms with Gasteiger partial charge in [-0.3, -0.25) is 4.79 Å². The molecule has 3 heteroatoms. The predicted octanol–water partition coefficient (Wildman–Crippen LogP) is 3.46. The summed E-state index contributed by atoms with van der Waals surface area (Å²) < 4.78 is 18.7. The van der Waals surface area contributed by atoms with E-state index < -0.39 is 5.60 Å². The van der Waals surface area contributed by atoms with E-state index in [2.05, 4.69) is 0 Å². The number of rotatable bonds is 1. The van der Waals surface area contributed by atoms with E-state index in [0.29, 0.717) is 6.42 Å². The highest BCUT2D eigenvalue weighted by Gasteiger charge is 2.63. The average molecular weight is 268 g/mol. The van der Waals surface area contributed by atoms with Crippen LogP contribution in [0, 0.1) is 5.82 Å². The molecule has 2 aliphatic rings. The van der Waals surface area contributed by atoms with Crippen LogP contribution in [0.25, 0.3) is 0 Å². The molecule has 0 aromatic heterocycles. The van der Waals surface area contributed by atoms with E-state index in [1.807, 2.05) is 24.3 Å². The molecule has 1 heterocycles. The van der Waals surface area contributed by atoms with Crippen LogP contribution in [-0.2, 0) is 11.2 Å². The fourth-order valence-corrected chi connectivity index (χ4v) is 3.14. The van der Waals surface area contributed by atoms with Crippen LogP contribution < -0.4 is 0 Å². The highest BCUT2D eigenvalue weighted by atomic mass is 19.1. The number of hydrogen-bond donors (Lipinski definition) is 0. The summed E-state index contributed by atoms with van der Waals surface area (Å²) in [6.07, 6.45) is 1.31. The molecule has 1 spiro atoms. The normalized spacial score (nSPS) is 27.4. The van der Waals surface area contributed by atoms with Crippen LogP contribution in [0.1, 0.15) is 34.0 Å². The number of epoxide rings is 1. The molecule has 100 valence electrons. The Bertz CT molecular complexity index is 692. The third-order valence-electron chi connectivity index (χ3n) is 4.28. The number of hydrogen-bond acceptors (Lipinski definition) is 2. The molecule has 2 aromatic carbocycles. The Morgan fingerprint density at radius 3 is 2.65 bits per heavy atom. The summed E-state index contributed by atoms with van der Waals surface area (Å²) in [6.45, 7) is 0. The van der Waals surface area contributed by atoms with Crippen LogP contribution in [-0.4, -0.2) is 11.4 Å². The van der Waals surface area contributed by atoms with Crippen LogP contribution in [0.5, 0.6) is 0 Å². The fourth-order valence-electron chi connectivity index (χ4n) is 3.14. The van der Waals surface area contributed by atoms with Gasteiger partial charge in [0.2, 0.25) is 0 Å². The lowest BCUT2D eigenvalue weighted by atomic mass is 9.79. The second-order valence-corrected chi connectivity index (χ2v) is 5.43. The lowest BCUT2D eigenvalue weighted by molar-refractivity contribution is 0.0850. The number of carbonyl (C=O) groups is 1. The summed E-state index contributed by atoms with van der Waals surface area (Å²) in [5.74, 6) is -0.211. The smallest absolute Gasteiger partial charge is 0.198 e. The van der Waals surface area contributed by atoms with E-state index in [0.717, 1.165) is 23.1 Å². The molecule has 0 saturated carbocycles. The first-order chi connectivity index (χ1) is 9.71. The zero-order valence-electron chi connectivity index (χ0n) is 10.8. The molecule has 0 unspecified atom stereocenters. The molecule has 0 radical (unpaired) electrons. The summed E-state index contributed by atoms with van der Waals surface area (Å²) >= 11 is 0. The number of aryl methyl sites for hydroxylation is 1. The molecular weight excluding hydrogens is 255 g/mol. The number of fused-ring (bicyclic) bond motifs is 1. The molecule has 1 aliphatic heterocycles. The topological polar surface area (TPSA) is 29.6 Å². The summed E-state index contributed by atoms with van der Waals surface area (Å²) in [4.78, 5) is 12.7. The van der Waals surface area contributed by atoms with E-state index in [9.17, 15) is 9.18 Å². The quantitative estimate of drug-likeness (QED) is 0.741. The Labute approximate surface area is 116 Å². The van der Waals surface area contributed by atoms with Crippen molar-refractivity contribution in [3.8, 4) is 0 Å². The maximum atomic E-state index is 13.0. The van der Waals surface area contributed by atoms with E-state index in [4.69, 9.17) is 4.74 Å². The van der Waals surface area contributed by atoms with Crippen molar-refractivity contribution in [2.45, 2.75) is 24.5 Å². The summed E-state index contributed by atoms with van der Waals surface area (Å²) in [7, 11) is 0. The van der Waals surface area contributed by atoms with Crippen LogP contribution in [0.2, 0.25) is 0 Å². The monoisotopic (exact) mass is 268 g/mol. The summed E-state index contributed by atoms with van der Waals surface area (Å²) in [6, 6.07) is 13.9. The standard InChI is InChI=1S/C17H13FO2/c18-13-7-5-12(6-8-13)16-17(20-16)10-9-11-3-1-2-4-14(11)15(17)19/h1-8,16H,9-10H2/t16-,17+/m0/s1. The first-order valence-electron chi connectivity index (χ1n) is 6.77. The van der Waals surface area contributed by atoms with E-state index in [-0.39, 0.29) is 17.7 Å². The molecule has 2 nitrogen and oxygen atoms in total. The number of carbonyl (C=O) groups excluding carboxylic acids is 1. The maximum absolute atomic E-state index is 13.0. The van der Waals surface area contributed by atoms with Gasteiger partial charge in [-0.2, -0.15) is 0 Å². The maximum Gasteiger partial charge on any atom is 0.198 e. The van der Waals surface area contributed by atoms with Gasteiger partial charge in [0.1, 0.15) is 11.9 Å². The van der Waals surface area contributed by atoms with Gasteiger partial charge >= 0.3 is 0 Å². The Morgan fingerprint density at radius 1 is 1.10 bits per heavy atom. The number of Topliss-reactive ketones (excluding diaryl/α,β-unsaturated/α-hetero) is 1. The second-order valence-electron chi connectivity index (χ2n) is 5.43. The largest absolute Gasteiger partial charge is 0.352 e. The Hall–Kier alpha value is -2.00. The van der Waals surface area contributed by atoms with Gasteiger partial charge in [-0.25, -0.2) is 4.39 Å². The third-order valence-corrected chi connectivity index (χ3v) is 4.28. The number of benzene rings is 2. The van der Waals surface area contributed by atoms with Gasteiger partial charge < -0.3 is 4.74 Å². The van der Waals surface area contributed by atoms with Crippen molar-refractivity contribution >= 4 is 5.78 Å². The Morgan fingerprint density at radius 2 is 1.85 bits per heavy atom. The highest BCUT2D eigenvalue weighted by molar-refractivity contribution is 6.07. The first-order valence-corrected chi connectivity index (χ1v) is 6.77. The molecule has 0 bridgehead atoms. The van der Waals surface area contributed by atoms with Crippen LogP contribution in [0.4, 0.5) is 4.39 Å². The van der Waals surface area contributed by atoms with E-state index >= 15 is 0 Å². The van der Waals surface area contributed by atoms with Crippen molar-refractivity contribution in [3.63, 3.8) is 0 Å². The van der Waals surface area contributed by atoms with Crippen LogP contribution >= 0.6 is 0 Å². The number of halogens is 1. The highest BCUT2D eigenvalue weighted by Crippen LogP contribution is 2.56.